The summed E-state index contributed by atoms with van der Waals surface area (Å²) in [6.45, 7) is 15.9. The van der Waals surface area contributed by atoms with Crippen molar-refractivity contribution in [3.63, 3.8) is 0 Å². The van der Waals surface area contributed by atoms with E-state index in [1.165, 1.54) is 12.8 Å². The molecule has 2 saturated carbocycles. The molecule has 2 aliphatic rings. The van der Waals surface area contributed by atoms with Gasteiger partial charge in [0.2, 0.25) is 5.91 Å². The van der Waals surface area contributed by atoms with E-state index in [9.17, 15) is 9.59 Å². The lowest BCUT2D eigenvalue weighted by molar-refractivity contribution is -0.120. The minimum atomic E-state index is -1.19. The molecule has 5 rings (SSSR count). The Kier molecular flexibility index (Phi) is 12.6. The molecular weight excluding hydrogens is 668 g/mol. The van der Waals surface area contributed by atoms with Gasteiger partial charge in [-0.3, -0.25) is 9.59 Å². The zero-order valence-corrected chi connectivity index (χ0v) is 32.9. The van der Waals surface area contributed by atoms with Gasteiger partial charge >= 0.3 is 0 Å². The van der Waals surface area contributed by atoms with E-state index in [0.717, 1.165) is 79.9 Å². The zero-order chi connectivity index (χ0) is 36.2. The lowest BCUT2D eigenvalue weighted by Gasteiger charge is -2.41. The van der Waals surface area contributed by atoms with Crippen molar-refractivity contribution in [1.82, 2.24) is 29.8 Å². The largest absolute Gasteiger partial charge is 0.364 e. The van der Waals surface area contributed by atoms with Crippen molar-refractivity contribution in [2.45, 2.75) is 136 Å². The fraction of sp³-hybridized carbons (Fsp3) is 0.676. The predicted octanol–water partition coefficient (Wildman–Crippen LogP) is 8.30. The van der Waals surface area contributed by atoms with Crippen LogP contribution >= 0.6 is 11.6 Å². The fourth-order valence-electron chi connectivity index (χ4n) is 8.20. The highest BCUT2D eigenvalue weighted by Gasteiger charge is 2.44. The number of carbonyl (C=O) groups is 2. The van der Waals surface area contributed by atoms with Crippen LogP contribution in [0.5, 0.6) is 0 Å². The molecule has 2 amide bonds. The van der Waals surface area contributed by atoms with Gasteiger partial charge in [-0.2, -0.15) is 5.10 Å². The van der Waals surface area contributed by atoms with E-state index < -0.39 is 19.9 Å². The summed E-state index contributed by atoms with van der Waals surface area (Å²) < 4.78 is 9.40. The highest BCUT2D eigenvalue weighted by atomic mass is 35.5. The number of amides is 2. The van der Waals surface area contributed by atoms with Crippen molar-refractivity contribution in [1.29, 1.82) is 0 Å². The molecule has 1 atom stereocenters. The number of nitrogens with zero attached hydrogens (tertiary/aromatic N) is 6. The maximum Gasteiger partial charge on any atom is 0.268 e. The van der Waals surface area contributed by atoms with Crippen LogP contribution in [0.4, 0.5) is 5.82 Å². The van der Waals surface area contributed by atoms with Crippen molar-refractivity contribution >= 4 is 37.3 Å². The molecular formula is C37H57ClN8O3Si. The number of hydrogen-bond acceptors (Lipinski definition) is 7. The smallest absolute Gasteiger partial charge is 0.268 e. The van der Waals surface area contributed by atoms with Crippen LogP contribution < -0.4 is 11.1 Å². The number of carbonyl (C=O) groups excluding carboxylic acids is 2. The van der Waals surface area contributed by atoms with Gasteiger partial charge in [0.15, 0.2) is 5.69 Å². The van der Waals surface area contributed by atoms with E-state index in [4.69, 9.17) is 27.2 Å². The van der Waals surface area contributed by atoms with Crippen LogP contribution in [0, 0.1) is 31.6 Å². The second kappa shape index (κ2) is 16.5. The molecule has 2 fully saturated rings. The Morgan fingerprint density at radius 2 is 1.64 bits per heavy atom. The lowest BCUT2D eigenvalue weighted by atomic mass is 9.63. The first-order valence-electron chi connectivity index (χ1n) is 18.6. The monoisotopic (exact) mass is 724 g/mol. The second-order valence-corrected chi connectivity index (χ2v) is 22.0. The van der Waals surface area contributed by atoms with Gasteiger partial charge in [0.25, 0.3) is 5.91 Å². The first-order valence-corrected chi connectivity index (χ1v) is 22.7. The summed E-state index contributed by atoms with van der Waals surface area (Å²) in [5, 5.41) is 17.0. The number of halogens is 1. The van der Waals surface area contributed by atoms with E-state index in [1.807, 2.05) is 38.4 Å². The SMILES string of the molecule is Cc1nn(COCC[Si](C)(C)C)c(C)c1-c1ccc(NC(=O)C(c2nnn(C(C)C)c2C(N)=O)C(C2CCCCC2)C2CCCCC2)nc1Cl. The number of pyridine rings is 1. The summed E-state index contributed by atoms with van der Waals surface area (Å²) in [5.74, 6) is -0.557. The first-order chi connectivity index (χ1) is 23.8. The van der Waals surface area contributed by atoms with Gasteiger partial charge in [-0.25, -0.2) is 14.3 Å². The summed E-state index contributed by atoms with van der Waals surface area (Å²) in [5.41, 5.74) is 9.99. The number of aryl methyl sites for hydroxylation is 1. The highest BCUT2D eigenvalue weighted by Crippen LogP contribution is 2.47. The topological polar surface area (TPSA) is 143 Å². The number of nitrogens with two attached hydrogens (primary N) is 1. The standard InChI is InChI=1S/C37H57ClN8O3Si/c1-23(2)46-34(36(39)47)33(42-44-46)32(31(26-14-10-8-11-15-26)27-16-12-9-13-17-27)37(48)41-29-19-18-28(35(38)40-29)30-24(3)43-45(25(30)4)22-49-20-21-50(5,6)7/h18-19,23,26-27,31-32H,8-17,20-22H2,1-7H3,(H2,39,47)(H,40,41,48). The number of hydrogen-bond donors (Lipinski definition) is 2. The molecule has 0 aliphatic heterocycles. The molecule has 0 spiro atoms. The summed E-state index contributed by atoms with van der Waals surface area (Å²) in [4.78, 5) is 32.4. The maximum atomic E-state index is 14.7. The van der Waals surface area contributed by atoms with Crippen LogP contribution in [0.3, 0.4) is 0 Å². The van der Waals surface area contributed by atoms with Crippen LogP contribution in [0.15, 0.2) is 12.1 Å². The Morgan fingerprint density at radius 1 is 1.02 bits per heavy atom. The average Bonchev–Trinajstić information content (AvgIpc) is 3.63. The molecule has 3 heterocycles. The van der Waals surface area contributed by atoms with Gasteiger partial charge in [-0.05, 0) is 63.6 Å². The van der Waals surface area contributed by atoms with E-state index in [1.54, 1.807) is 10.7 Å². The van der Waals surface area contributed by atoms with Crippen LogP contribution in [0.2, 0.25) is 30.8 Å². The number of ether oxygens (including phenoxy) is 1. The molecule has 11 nitrogen and oxygen atoms in total. The Balaban J connectivity index is 1.47. The third-order valence-electron chi connectivity index (χ3n) is 10.8. The number of rotatable bonds is 14. The minimum absolute atomic E-state index is 0.00450. The molecule has 0 radical (unpaired) electrons. The number of anilines is 1. The van der Waals surface area contributed by atoms with Crippen LogP contribution in [0.25, 0.3) is 11.1 Å². The number of primary amides is 1. The van der Waals surface area contributed by atoms with Gasteiger partial charge < -0.3 is 15.8 Å². The summed E-state index contributed by atoms with van der Waals surface area (Å²) >= 11 is 6.87. The Hall–Kier alpha value is -3.09. The minimum Gasteiger partial charge on any atom is -0.364 e. The number of nitrogens with one attached hydrogen (secondary N) is 1. The van der Waals surface area contributed by atoms with Gasteiger partial charge in [-0.15, -0.1) is 5.10 Å². The third kappa shape index (κ3) is 8.85. The van der Waals surface area contributed by atoms with E-state index in [0.29, 0.717) is 36.7 Å². The molecule has 3 aromatic heterocycles. The lowest BCUT2D eigenvalue weighted by Crippen LogP contribution is -2.39. The van der Waals surface area contributed by atoms with Crippen molar-refractivity contribution < 1.29 is 14.3 Å². The number of aromatic nitrogens is 6. The van der Waals surface area contributed by atoms with Crippen LogP contribution in [0.1, 0.15) is 118 Å². The van der Waals surface area contributed by atoms with Crippen molar-refractivity contribution in [2.24, 2.45) is 23.5 Å². The van der Waals surface area contributed by atoms with Crippen molar-refractivity contribution in [3.8, 4) is 11.1 Å². The normalized spacial score (nSPS) is 17.1. The van der Waals surface area contributed by atoms with Crippen molar-refractivity contribution in [2.75, 3.05) is 11.9 Å². The zero-order valence-electron chi connectivity index (χ0n) is 31.1. The Morgan fingerprint density at radius 3 is 2.18 bits per heavy atom. The Labute approximate surface area is 303 Å². The molecule has 13 heteroatoms. The quantitative estimate of drug-likeness (QED) is 0.0967. The van der Waals surface area contributed by atoms with E-state index >= 15 is 0 Å². The van der Waals surface area contributed by atoms with E-state index in [-0.39, 0.29) is 28.7 Å². The predicted molar refractivity (Wildman–Crippen MR) is 201 cm³/mol. The van der Waals surface area contributed by atoms with Gasteiger partial charge in [0, 0.05) is 37.5 Å². The van der Waals surface area contributed by atoms with Gasteiger partial charge in [0.05, 0.1) is 11.6 Å². The summed E-state index contributed by atoms with van der Waals surface area (Å²) in [7, 11) is -1.19. The fourth-order valence-corrected chi connectivity index (χ4v) is 9.21. The van der Waals surface area contributed by atoms with Crippen LogP contribution in [-0.4, -0.2) is 56.3 Å². The molecule has 0 bridgehead atoms. The third-order valence-corrected chi connectivity index (χ3v) is 12.7. The average molecular weight is 725 g/mol. The summed E-state index contributed by atoms with van der Waals surface area (Å²) in [6, 6.07) is 4.61. The molecule has 2 aliphatic carbocycles. The molecule has 3 aromatic rings. The van der Waals surface area contributed by atoms with Gasteiger partial charge in [0.1, 0.15) is 23.4 Å². The second-order valence-electron chi connectivity index (χ2n) is 16.0. The van der Waals surface area contributed by atoms with Crippen molar-refractivity contribution in [3.05, 3.63) is 40.1 Å². The molecule has 0 saturated heterocycles. The molecule has 50 heavy (non-hydrogen) atoms. The molecule has 0 aromatic carbocycles. The first kappa shape index (κ1) is 38.1. The molecule has 3 N–H and O–H groups in total. The van der Waals surface area contributed by atoms with E-state index in [2.05, 4.69) is 40.3 Å². The summed E-state index contributed by atoms with van der Waals surface area (Å²) in [6.07, 6.45) is 11.2. The highest BCUT2D eigenvalue weighted by molar-refractivity contribution is 6.76. The molecule has 274 valence electrons. The molecule has 1 unspecified atom stereocenters. The van der Waals surface area contributed by atoms with Gasteiger partial charge in [-0.1, -0.05) is 101 Å². The van der Waals surface area contributed by atoms with Crippen LogP contribution in [-0.2, 0) is 16.3 Å². The Bertz CT molecular complexity index is 1620. The maximum absolute atomic E-state index is 14.7.